The molecule has 26 heavy (non-hydrogen) atoms. The molecule has 2 aromatic rings. The van der Waals surface area contributed by atoms with Crippen LogP contribution in [0.1, 0.15) is 34.6 Å². The van der Waals surface area contributed by atoms with Crippen molar-refractivity contribution < 1.29 is 9.59 Å². The molecule has 2 amide bonds. The molecule has 2 atom stereocenters. The lowest BCUT2D eigenvalue weighted by molar-refractivity contribution is -0.140. The van der Waals surface area contributed by atoms with Crippen molar-refractivity contribution in [3.8, 4) is 0 Å². The van der Waals surface area contributed by atoms with Crippen LogP contribution in [0.15, 0.2) is 29.8 Å². The summed E-state index contributed by atoms with van der Waals surface area (Å²) in [6.45, 7) is 2.21. The smallest absolute Gasteiger partial charge is 0.274 e. The van der Waals surface area contributed by atoms with Crippen molar-refractivity contribution in [2.24, 2.45) is 13.0 Å². The van der Waals surface area contributed by atoms with Crippen molar-refractivity contribution in [2.75, 3.05) is 19.6 Å². The molecule has 2 saturated heterocycles. The van der Waals surface area contributed by atoms with Crippen molar-refractivity contribution in [2.45, 2.75) is 31.7 Å². The first-order valence-corrected chi connectivity index (χ1v) is 10.1. The Bertz CT molecular complexity index is 785. The lowest BCUT2D eigenvalue weighted by atomic mass is 9.83. The van der Waals surface area contributed by atoms with Gasteiger partial charge < -0.3 is 9.80 Å². The number of piperidine rings is 2. The van der Waals surface area contributed by atoms with Gasteiger partial charge in [-0.3, -0.25) is 14.3 Å². The van der Waals surface area contributed by atoms with E-state index in [0.29, 0.717) is 24.6 Å². The quantitative estimate of drug-likeness (QED) is 0.827. The SMILES string of the molecule is Cn1ccc(C(=O)N2CC[C@@H]3[C@@H](CCC(=O)N3CCc3cccs3)C2)n1. The first-order chi connectivity index (χ1) is 12.6. The third-order valence-electron chi connectivity index (χ3n) is 5.54. The molecular formula is C19H24N4O2S. The fraction of sp³-hybridized carbons (Fsp3) is 0.526. The highest BCUT2D eigenvalue weighted by molar-refractivity contribution is 7.09. The van der Waals surface area contributed by atoms with Crippen LogP contribution in [0.2, 0.25) is 0 Å². The third kappa shape index (κ3) is 3.40. The molecule has 2 aliphatic heterocycles. The standard InChI is InChI=1S/C19H24N4O2S/c1-21-9-7-16(20-21)19(25)22-10-8-17-14(13-22)4-5-18(24)23(17)11-6-15-3-2-12-26-15/h2-3,7,9,12,14,17H,4-6,8,10-11,13H2,1H3/t14-,17+/m0/s1. The Hall–Kier alpha value is -2.15. The third-order valence-corrected chi connectivity index (χ3v) is 6.48. The van der Waals surface area contributed by atoms with Crippen LogP contribution in [0.3, 0.4) is 0 Å². The van der Waals surface area contributed by atoms with Crippen molar-refractivity contribution >= 4 is 23.2 Å². The highest BCUT2D eigenvalue weighted by Crippen LogP contribution is 2.32. The molecule has 7 heteroatoms. The summed E-state index contributed by atoms with van der Waals surface area (Å²) in [6, 6.07) is 6.23. The predicted molar refractivity (Wildman–Crippen MR) is 100.0 cm³/mol. The summed E-state index contributed by atoms with van der Waals surface area (Å²) in [5, 5.41) is 6.32. The van der Waals surface area contributed by atoms with Gasteiger partial charge in [-0.2, -0.15) is 5.10 Å². The van der Waals surface area contributed by atoms with Gasteiger partial charge in [0, 0.05) is 50.2 Å². The van der Waals surface area contributed by atoms with E-state index in [4.69, 9.17) is 0 Å². The van der Waals surface area contributed by atoms with E-state index in [0.717, 1.165) is 32.4 Å². The normalized spacial score (nSPS) is 23.2. The van der Waals surface area contributed by atoms with Crippen molar-refractivity contribution in [1.29, 1.82) is 0 Å². The van der Waals surface area contributed by atoms with Crippen LogP contribution in [-0.4, -0.2) is 57.1 Å². The average molecular weight is 372 g/mol. The lowest BCUT2D eigenvalue weighted by Gasteiger charge is -2.47. The number of amides is 2. The number of carbonyl (C=O) groups is 2. The number of rotatable bonds is 4. The summed E-state index contributed by atoms with van der Waals surface area (Å²) < 4.78 is 1.66. The molecular weight excluding hydrogens is 348 g/mol. The van der Waals surface area contributed by atoms with Crippen molar-refractivity contribution in [3.05, 3.63) is 40.3 Å². The van der Waals surface area contributed by atoms with Gasteiger partial charge >= 0.3 is 0 Å². The van der Waals surface area contributed by atoms with Gasteiger partial charge in [-0.25, -0.2) is 0 Å². The van der Waals surface area contributed by atoms with Gasteiger partial charge in [0.1, 0.15) is 5.69 Å². The van der Waals surface area contributed by atoms with E-state index in [1.807, 2.05) is 11.9 Å². The molecule has 0 aromatic carbocycles. The lowest BCUT2D eigenvalue weighted by Crippen LogP contribution is -2.57. The Balaban J connectivity index is 1.41. The molecule has 138 valence electrons. The van der Waals surface area contributed by atoms with Crippen molar-refractivity contribution in [1.82, 2.24) is 19.6 Å². The minimum Gasteiger partial charge on any atom is -0.339 e. The Morgan fingerprint density at radius 3 is 2.96 bits per heavy atom. The second-order valence-corrected chi connectivity index (χ2v) is 8.23. The number of carbonyl (C=O) groups excluding carboxylic acids is 2. The zero-order chi connectivity index (χ0) is 18.1. The second kappa shape index (κ2) is 7.23. The Morgan fingerprint density at radius 2 is 2.23 bits per heavy atom. The van der Waals surface area contributed by atoms with Gasteiger partial charge in [0.2, 0.25) is 5.91 Å². The molecule has 0 N–H and O–H groups in total. The van der Waals surface area contributed by atoms with E-state index < -0.39 is 0 Å². The van der Waals surface area contributed by atoms with E-state index in [1.54, 1.807) is 28.3 Å². The number of nitrogens with zero attached hydrogens (tertiary/aromatic N) is 4. The molecule has 0 spiro atoms. The Morgan fingerprint density at radius 1 is 1.35 bits per heavy atom. The van der Waals surface area contributed by atoms with Crippen LogP contribution in [0.25, 0.3) is 0 Å². The maximum atomic E-state index is 12.7. The molecule has 2 aromatic heterocycles. The van der Waals surface area contributed by atoms with Gasteiger partial charge in [-0.15, -0.1) is 11.3 Å². The summed E-state index contributed by atoms with van der Waals surface area (Å²) in [7, 11) is 1.82. The first kappa shape index (κ1) is 17.3. The topological polar surface area (TPSA) is 58.4 Å². The highest BCUT2D eigenvalue weighted by atomic mass is 32.1. The van der Waals surface area contributed by atoms with Gasteiger partial charge in [0.05, 0.1) is 0 Å². The number of hydrogen-bond donors (Lipinski definition) is 0. The summed E-state index contributed by atoms with van der Waals surface area (Å²) in [5.41, 5.74) is 0.507. The number of likely N-dealkylation sites (tertiary alicyclic amines) is 2. The first-order valence-electron chi connectivity index (χ1n) is 9.22. The van der Waals surface area contributed by atoms with Crippen LogP contribution in [-0.2, 0) is 18.3 Å². The zero-order valence-corrected chi connectivity index (χ0v) is 15.8. The fourth-order valence-electron chi connectivity index (χ4n) is 4.20. The summed E-state index contributed by atoms with van der Waals surface area (Å²) >= 11 is 1.75. The molecule has 2 fully saturated rings. The molecule has 4 rings (SSSR count). The van der Waals surface area contributed by atoms with Crippen LogP contribution < -0.4 is 0 Å². The van der Waals surface area contributed by atoms with Gasteiger partial charge in [0.25, 0.3) is 5.91 Å². The van der Waals surface area contributed by atoms with E-state index in [-0.39, 0.29) is 17.9 Å². The van der Waals surface area contributed by atoms with E-state index >= 15 is 0 Å². The monoisotopic (exact) mass is 372 g/mol. The Kier molecular flexibility index (Phi) is 4.80. The number of fused-ring (bicyclic) bond motifs is 1. The summed E-state index contributed by atoms with van der Waals surface area (Å²) in [4.78, 5) is 30.5. The molecule has 6 nitrogen and oxygen atoms in total. The number of thiophene rings is 1. The van der Waals surface area contributed by atoms with Gasteiger partial charge in [-0.05, 0) is 42.7 Å². The summed E-state index contributed by atoms with van der Waals surface area (Å²) in [6.07, 6.45) is 5.05. The molecule has 0 saturated carbocycles. The minimum absolute atomic E-state index is 0.00563. The second-order valence-electron chi connectivity index (χ2n) is 7.20. The number of hydrogen-bond acceptors (Lipinski definition) is 4. The maximum Gasteiger partial charge on any atom is 0.274 e. The fourth-order valence-corrected chi connectivity index (χ4v) is 4.90. The average Bonchev–Trinajstić information content (AvgIpc) is 3.31. The molecule has 2 aliphatic rings. The number of aromatic nitrogens is 2. The minimum atomic E-state index is 0.00563. The summed E-state index contributed by atoms with van der Waals surface area (Å²) in [5.74, 6) is 0.649. The van der Waals surface area contributed by atoms with E-state index in [2.05, 4.69) is 27.5 Å². The van der Waals surface area contributed by atoms with E-state index in [1.165, 1.54) is 4.88 Å². The molecule has 0 aliphatic carbocycles. The molecule has 0 bridgehead atoms. The van der Waals surface area contributed by atoms with Gasteiger partial charge in [0.15, 0.2) is 0 Å². The van der Waals surface area contributed by atoms with Gasteiger partial charge in [-0.1, -0.05) is 6.07 Å². The van der Waals surface area contributed by atoms with Crippen LogP contribution >= 0.6 is 11.3 Å². The largest absolute Gasteiger partial charge is 0.339 e. The molecule has 4 heterocycles. The van der Waals surface area contributed by atoms with E-state index in [9.17, 15) is 9.59 Å². The Labute approximate surface area is 157 Å². The number of aryl methyl sites for hydroxylation is 1. The van der Waals surface area contributed by atoms with Crippen molar-refractivity contribution in [3.63, 3.8) is 0 Å². The van der Waals surface area contributed by atoms with Crippen LogP contribution in [0.4, 0.5) is 0 Å². The van der Waals surface area contributed by atoms with Crippen LogP contribution in [0, 0.1) is 5.92 Å². The van der Waals surface area contributed by atoms with Crippen LogP contribution in [0.5, 0.6) is 0 Å². The highest BCUT2D eigenvalue weighted by Gasteiger charge is 2.40. The molecule has 0 unspecified atom stereocenters. The maximum absolute atomic E-state index is 12.7. The predicted octanol–water partition coefficient (Wildman–Crippen LogP) is 2.18. The zero-order valence-electron chi connectivity index (χ0n) is 15.0. The molecule has 0 radical (unpaired) electrons.